The smallest absolute Gasteiger partial charge is 0.254 e. The van der Waals surface area contributed by atoms with Gasteiger partial charge in [0, 0.05) is 31.0 Å². The molecule has 1 aromatic heterocycles. The highest BCUT2D eigenvalue weighted by molar-refractivity contribution is 5.94. The van der Waals surface area contributed by atoms with Gasteiger partial charge in [0.15, 0.2) is 5.82 Å². The van der Waals surface area contributed by atoms with Crippen molar-refractivity contribution in [3.05, 3.63) is 47.6 Å². The van der Waals surface area contributed by atoms with Crippen LogP contribution in [0.5, 0.6) is 0 Å². The number of likely N-dealkylation sites (tertiary alicyclic amines) is 1. The maximum atomic E-state index is 12.7. The molecule has 138 valence electrons. The topological polar surface area (TPSA) is 88.3 Å². The first-order valence-corrected chi connectivity index (χ1v) is 9.02. The van der Waals surface area contributed by atoms with Crippen LogP contribution in [0, 0.1) is 0 Å². The Bertz CT molecular complexity index is 757. The van der Waals surface area contributed by atoms with Crippen molar-refractivity contribution in [1.29, 1.82) is 0 Å². The van der Waals surface area contributed by atoms with E-state index in [9.17, 15) is 9.59 Å². The lowest BCUT2D eigenvalue weighted by molar-refractivity contribution is -0.121. The van der Waals surface area contributed by atoms with Crippen LogP contribution in [0.4, 0.5) is 0 Å². The van der Waals surface area contributed by atoms with Crippen LogP contribution in [-0.4, -0.2) is 39.4 Å². The normalized spacial score (nSPS) is 16.9. The van der Waals surface area contributed by atoms with Gasteiger partial charge in [-0.05, 0) is 38.8 Å². The summed E-state index contributed by atoms with van der Waals surface area (Å²) in [4.78, 5) is 30.7. The van der Waals surface area contributed by atoms with Crippen LogP contribution >= 0.6 is 0 Å². The second kappa shape index (κ2) is 8.12. The van der Waals surface area contributed by atoms with Crippen molar-refractivity contribution in [3.63, 3.8) is 0 Å². The molecule has 7 nitrogen and oxygen atoms in total. The van der Waals surface area contributed by atoms with Crippen LogP contribution < -0.4 is 5.32 Å². The fourth-order valence-electron chi connectivity index (χ4n) is 3.14. The molecule has 0 aliphatic carbocycles. The quantitative estimate of drug-likeness (QED) is 0.859. The molecule has 1 saturated heterocycles. The summed E-state index contributed by atoms with van der Waals surface area (Å²) in [7, 11) is 0. The van der Waals surface area contributed by atoms with E-state index >= 15 is 0 Å². The van der Waals surface area contributed by atoms with Crippen LogP contribution in [0.2, 0.25) is 0 Å². The van der Waals surface area contributed by atoms with Crippen LogP contribution in [0.1, 0.15) is 61.2 Å². The summed E-state index contributed by atoms with van der Waals surface area (Å²) in [6.45, 7) is 4.52. The van der Waals surface area contributed by atoms with E-state index in [0.717, 1.165) is 12.8 Å². The van der Waals surface area contributed by atoms with Crippen molar-refractivity contribution in [2.75, 3.05) is 6.54 Å². The highest BCUT2D eigenvalue weighted by atomic mass is 16.5. The van der Waals surface area contributed by atoms with Gasteiger partial charge in [-0.25, -0.2) is 0 Å². The van der Waals surface area contributed by atoms with E-state index in [1.54, 1.807) is 4.90 Å². The average molecular weight is 356 g/mol. The number of carbonyl (C=O) groups excluding carboxylic acids is 2. The summed E-state index contributed by atoms with van der Waals surface area (Å²) in [6.07, 6.45) is 2.41. The molecular weight excluding hydrogens is 332 g/mol. The van der Waals surface area contributed by atoms with Crippen molar-refractivity contribution < 1.29 is 14.1 Å². The average Bonchev–Trinajstić information content (AvgIpc) is 3.28. The van der Waals surface area contributed by atoms with Gasteiger partial charge in [-0.2, -0.15) is 4.98 Å². The van der Waals surface area contributed by atoms with Crippen LogP contribution in [-0.2, 0) is 11.2 Å². The van der Waals surface area contributed by atoms with Crippen LogP contribution in [0.15, 0.2) is 34.9 Å². The Balaban J connectivity index is 1.64. The molecule has 1 N–H and O–H groups in total. The van der Waals surface area contributed by atoms with Gasteiger partial charge < -0.3 is 14.7 Å². The maximum Gasteiger partial charge on any atom is 0.254 e. The highest BCUT2D eigenvalue weighted by Gasteiger charge is 2.33. The van der Waals surface area contributed by atoms with Gasteiger partial charge in [0.1, 0.15) is 0 Å². The molecule has 1 aliphatic rings. The molecule has 3 rings (SSSR count). The van der Waals surface area contributed by atoms with Gasteiger partial charge >= 0.3 is 0 Å². The number of hydrogen-bond donors (Lipinski definition) is 1. The third-order valence-corrected chi connectivity index (χ3v) is 4.33. The summed E-state index contributed by atoms with van der Waals surface area (Å²) in [5.41, 5.74) is 0.661. The first-order valence-electron chi connectivity index (χ1n) is 9.02. The Kier molecular flexibility index (Phi) is 5.65. The second-order valence-electron chi connectivity index (χ2n) is 6.79. The molecule has 1 aliphatic heterocycles. The zero-order valence-electron chi connectivity index (χ0n) is 15.1. The molecule has 0 saturated carbocycles. The minimum absolute atomic E-state index is 0.0178. The van der Waals surface area contributed by atoms with Crippen LogP contribution in [0.25, 0.3) is 0 Å². The van der Waals surface area contributed by atoms with E-state index in [2.05, 4.69) is 15.5 Å². The number of carbonyl (C=O) groups is 2. The second-order valence-corrected chi connectivity index (χ2v) is 6.79. The molecule has 2 aromatic rings. The van der Waals surface area contributed by atoms with E-state index in [0.29, 0.717) is 36.7 Å². The number of aryl methyl sites for hydroxylation is 1. The van der Waals surface area contributed by atoms with Gasteiger partial charge in [0.2, 0.25) is 11.8 Å². The first-order chi connectivity index (χ1) is 12.5. The Morgan fingerprint density at radius 2 is 2.08 bits per heavy atom. The van der Waals surface area contributed by atoms with Gasteiger partial charge in [-0.3, -0.25) is 9.59 Å². The van der Waals surface area contributed by atoms with E-state index < -0.39 is 0 Å². The van der Waals surface area contributed by atoms with Crippen molar-refractivity contribution in [1.82, 2.24) is 20.4 Å². The number of aromatic nitrogens is 2. The SMILES string of the molecule is CC(C)NC(=O)CCc1nc(C2CCCN2C(=O)c2ccccc2)no1. The van der Waals surface area contributed by atoms with Crippen molar-refractivity contribution in [3.8, 4) is 0 Å². The van der Waals surface area contributed by atoms with Gasteiger partial charge in [0.25, 0.3) is 5.91 Å². The predicted octanol–water partition coefficient (Wildman–Crippen LogP) is 2.50. The number of nitrogens with zero attached hydrogens (tertiary/aromatic N) is 3. The lowest BCUT2D eigenvalue weighted by atomic mass is 10.1. The third kappa shape index (κ3) is 4.28. The molecule has 2 amide bonds. The van der Waals surface area contributed by atoms with Gasteiger partial charge in [-0.15, -0.1) is 0 Å². The molecule has 1 atom stereocenters. The molecule has 0 spiro atoms. The summed E-state index contributed by atoms with van der Waals surface area (Å²) < 4.78 is 5.29. The Morgan fingerprint density at radius 3 is 2.81 bits per heavy atom. The molecule has 1 unspecified atom stereocenters. The zero-order chi connectivity index (χ0) is 18.5. The van der Waals surface area contributed by atoms with Crippen LogP contribution in [0.3, 0.4) is 0 Å². The lowest BCUT2D eigenvalue weighted by Gasteiger charge is -2.22. The molecule has 0 radical (unpaired) electrons. The number of amides is 2. The predicted molar refractivity (Wildman–Crippen MR) is 95.4 cm³/mol. The molecule has 1 fully saturated rings. The standard InChI is InChI=1S/C19H24N4O3/c1-13(2)20-16(24)10-11-17-21-18(22-26-17)15-9-6-12-23(15)19(25)14-7-4-3-5-8-14/h3-5,7-8,13,15H,6,9-12H2,1-2H3,(H,20,24). The molecule has 0 bridgehead atoms. The van der Waals surface area contributed by atoms with Crippen molar-refractivity contribution in [2.45, 2.75) is 51.6 Å². The molecule has 26 heavy (non-hydrogen) atoms. The Morgan fingerprint density at radius 1 is 1.31 bits per heavy atom. The summed E-state index contributed by atoms with van der Waals surface area (Å²) in [6, 6.07) is 9.15. The number of benzene rings is 1. The minimum atomic E-state index is -0.176. The molecule has 7 heteroatoms. The number of nitrogens with one attached hydrogen (secondary N) is 1. The fraction of sp³-hybridized carbons (Fsp3) is 0.474. The molecule has 1 aromatic carbocycles. The number of rotatable bonds is 6. The fourth-order valence-corrected chi connectivity index (χ4v) is 3.14. The van der Waals surface area contributed by atoms with Crippen molar-refractivity contribution in [2.24, 2.45) is 0 Å². The van der Waals surface area contributed by atoms with Crippen molar-refractivity contribution >= 4 is 11.8 Å². The molecular formula is C19H24N4O3. The maximum absolute atomic E-state index is 12.7. The van der Waals surface area contributed by atoms with E-state index in [1.807, 2.05) is 44.2 Å². The van der Waals surface area contributed by atoms with Gasteiger partial charge in [0.05, 0.1) is 6.04 Å². The van der Waals surface area contributed by atoms with E-state index in [4.69, 9.17) is 4.52 Å². The van der Waals surface area contributed by atoms with E-state index in [-0.39, 0.29) is 23.9 Å². The Hall–Kier alpha value is -2.70. The monoisotopic (exact) mass is 356 g/mol. The summed E-state index contributed by atoms with van der Waals surface area (Å²) >= 11 is 0. The Labute approximate surface area is 152 Å². The summed E-state index contributed by atoms with van der Waals surface area (Å²) in [5.74, 6) is 0.890. The first kappa shape index (κ1) is 18.1. The number of hydrogen-bond acceptors (Lipinski definition) is 5. The largest absolute Gasteiger partial charge is 0.354 e. The highest BCUT2D eigenvalue weighted by Crippen LogP contribution is 2.31. The summed E-state index contributed by atoms with van der Waals surface area (Å²) in [5, 5.41) is 6.89. The molecule has 2 heterocycles. The minimum Gasteiger partial charge on any atom is -0.354 e. The zero-order valence-corrected chi connectivity index (χ0v) is 15.1. The van der Waals surface area contributed by atoms with Gasteiger partial charge in [-0.1, -0.05) is 23.4 Å². The third-order valence-electron chi connectivity index (χ3n) is 4.33. The van der Waals surface area contributed by atoms with E-state index in [1.165, 1.54) is 0 Å². The lowest BCUT2D eigenvalue weighted by Crippen LogP contribution is -2.31.